The lowest BCUT2D eigenvalue weighted by Gasteiger charge is -2.05. The van der Waals surface area contributed by atoms with E-state index in [0.717, 1.165) is 17.8 Å². The summed E-state index contributed by atoms with van der Waals surface area (Å²) in [6.45, 7) is 0.166. The zero-order valence-electron chi connectivity index (χ0n) is 11.1. The molecule has 0 N–H and O–H groups in total. The maximum atomic E-state index is 12.7. The summed E-state index contributed by atoms with van der Waals surface area (Å²) < 4.78 is 50.1. The molecule has 1 aliphatic rings. The Hall–Kier alpha value is -2.70. The predicted molar refractivity (Wildman–Crippen MR) is 71.8 cm³/mol. The Morgan fingerprint density at radius 1 is 1.00 bits per heavy atom. The van der Waals surface area contributed by atoms with Crippen molar-refractivity contribution in [2.75, 3.05) is 6.79 Å². The van der Waals surface area contributed by atoms with E-state index in [-0.39, 0.29) is 6.79 Å². The summed E-state index contributed by atoms with van der Waals surface area (Å²) >= 11 is 0. The summed E-state index contributed by atoms with van der Waals surface area (Å²) in [5.74, 6) is 1.25. The fraction of sp³-hybridized carbons (Fsp3) is 0.133. The molecular formula is C15H9F3N2O2. The molecular weight excluding hydrogens is 297 g/mol. The molecule has 0 saturated carbocycles. The monoisotopic (exact) mass is 306 g/mol. The van der Waals surface area contributed by atoms with E-state index in [4.69, 9.17) is 9.47 Å². The standard InChI is InChI=1S/C15H9F3N2O2/c16-15(17,18)10-2-4-14-19-11(7-20(14)6-10)9-1-3-12-13(5-9)22-8-21-12/h1-7H,8H2. The van der Waals surface area contributed by atoms with Gasteiger partial charge in [0.2, 0.25) is 6.79 Å². The zero-order valence-corrected chi connectivity index (χ0v) is 11.1. The normalized spacial score (nSPS) is 13.8. The Balaban J connectivity index is 1.79. The molecule has 7 heteroatoms. The van der Waals surface area contributed by atoms with E-state index in [1.54, 1.807) is 24.4 Å². The lowest BCUT2D eigenvalue weighted by Crippen LogP contribution is -2.05. The van der Waals surface area contributed by atoms with Crippen molar-refractivity contribution >= 4 is 5.65 Å². The van der Waals surface area contributed by atoms with Crippen LogP contribution >= 0.6 is 0 Å². The first-order valence-corrected chi connectivity index (χ1v) is 6.47. The Morgan fingerprint density at radius 3 is 2.64 bits per heavy atom. The smallest absolute Gasteiger partial charge is 0.417 e. The van der Waals surface area contributed by atoms with Gasteiger partial charge in [-0.2, -0.15) is 13.2 Å². The number of rotatable bonds is 1. The van der Waals surface area contributed by atoms with Crippen LogP contribution in [-0.2, 0) is 6.18 Å². The number of aromatic nitrogens is 2. The number of alkyl halides is 3. The highest BCUT2D eigenvalue weighted by molar-refractivity contribution is 5.66. The average molecular weight is 306 g/mol. The highest BCUT2D eigenvalue weighted by Gasteiger charge is 2.30. The van der Waals surface area contributed by atoms with Gasteiger partial charge in [0, 0.05) is 18.0 Å². The summed E-state index contributed by atoms with van der Waals surface area (Å²) in [6, 6.07) is 7.67. The van der Waals surface area contributed by atoms with Crippen LogP contribution in [0, 0.1) is 0 Å². The molecule has 0 atom stereocenters. The molecule has 2 aromatic heterocycles. The third kappa shape index (κ3) is 2.05. The predicted octanol–water partition coefficient (Wildman–Crippen LogP) is 3.75. The van der Waals surface area contributed by atoms with Crippen LogP contribution in [0.2, 0.25) is 0 Å². The van der Waals surface area contributed by atoms with Gasteiger partial charge in [-0.15, -0.1) is 0 Å². The number of hydrogen-bond acceptors (Lipinski definition) is 3. The molecule has 0 aliphatic carbocycles. The molecule has 0 radical (unpaired) electrons. The Morgan fingerprint density at radius 2 is 1.82 bits per heavy atom. The number of fused-ring (bicyclic) bond motifs is 2. The molecule has 4 rings (SSSR count). The van der Waals surface area contributed by atoms with Crippen LogP contribution in [0.1, 0.15) is 5.56 Å². The van der Waals surface area contributed by atoms with Gasteiger partial charge in [-0.3, -0.25) is 0 Å². The maximum Gasteiger partial charge on any atom is 0.417 e. The van der Waals surface area contributed by atoms with Crippen molar-refractivity contribution in [2.45, 2.75) is 6.18 Å². The molecule has 0 spiro atoms. The number of benzene rings is 1. The van der Waals surface area contributed by atoms with Crippen molar-refractivity contribution in [1.29, 1.82) is 0 Å². The number of imidazole rings is 1. The third-order valence-electron chi connectivity index (χ3n) is 3.45. The summed E-state index contributed by atoms with van der Waals surface area (Å²) in [5, 5.41) is 0. The van der Waals surface area contributed by atoms with Crippen molar-refractivity contribution < 1.29 is 22.6 Å². The van der Waals surface area contributed by atoms with Crippen molar-refractivity contribution in [2.24, 2.45) is 0 Å². The van der Waals surface area contributed by atoms with E-state index in [2.05, 4.69) is 4.98 Å². The highest BCUT2D eigenvalue weighted by atomic mass is 19.4. The Bertz CT molecular complexity index is 871. The fourth-order valence-corrected chi connectivity index (χ4v) is 2.35. The average Bonchev–Trinajstić information content (AvgIpc) is 3.10. The minimum Gasteiger partial charge on any atom is -0.454 e. The fourth-order valence-electron chi connectivity index (χ4n) is 2.35. The van der Waals surface area contributed by atoms with Gasteiger partial charge in [0.15, 0.2) is 11.5 Å². The summed E-state index contributed by atoms with van der Waals surface area (Å²) in [4.78, 5) is 4.33. The van der Waals surface area contributed by atoms with E-state index in [1.165, 1.54) is 10.5 Å². The quantitative estimate of drug-likeness (QED) is 0.687. The zero-order chi connectivity index (χ0) is 15.3. The maximum absolute atomic E-state index is 12.7. The number of halogens is 3. The van der Waals surface area contributed by atoms with Crippen LogP contribution in [0.25, 0.3) is 16.9 Å². The Kier molecular flexibility index (Phi) is 2.60. The second kappa shape index (κ2) is 4.40. The molecule has 112 valence electrons. The van der Waals surface area contributed by atoms with Crippen LogP contribution < -0.4 is 9.47 Å². The van der Waals surface area contributed by atoms with Crippen LogP contribution in [0.4, 0.5) is 13.2 Å². The third-order valence-corrected chi connectivity index (χ3v) is 3.45. The van der Waals surface area contributed by atoms with Crippen LogP contribution in [0.3, 0.4) is 0 Å². The van der Waals surface area contributed by atoms with E-state index in [9.17, 15) is 13.2 Å². The molecule has 0 amide bonds. The number of pyridine rings is 1. The largest absolute Gasteiger partial charge is 0.454 e. The van der Waals surface area contributed by atoms with E-state index in [0.29, 0.717) is 22.8 Å². The van der Waals surface area contributed by atoms with Gasteiger partial charge in [0.1, 0.15) is 5.65 Å². The molecule has 4 nitrogen and oxygen atoms in total. The molecule has 0 saturated heterocycles. The van der Waals surface area contributed by atoms with Gasteiger partial charge in [-0.05, 0) is 30.3 Å². The lowest BCUT2D eigenvalue weighted by molar-refractivity contribution is -0.137. The highest BCUT2D eigenvalue weighted by Crippen LogP contribution is 2.36. The second-order valence-corrected chi connectivity index (χ2v) is 4.88. The number of ether oxygens (including phenoxy) is 2. The summed E-state index contributed by atoms with van der Waals surface area (Å²) in [5.41, 5.74) is 1.05. The molecule has 22 heavy (non-hydrogen) atoms. The van der Waals surface area contributed by atoms with Gasteiger partial charge in [0.05, 0.1) is 11.3 Å². The van der Waals surface area contributed by atoms with Gasteiger partial charge in [-0.25, -0.2) is 4.98 Å². The van der Waals surface area contributed by atoms with E-state index >= 15 is 0 Å². The minimum atomic E-state index is -4.38. The van der Waals surface area contributed by atoms with Crippen molar-refractivity contribution in [3.05, 3.63) is 48.3 Å². The molecule has 1 aromatic carbocycles. The first kappa shape index (κ1) is 13.0. The van der Waals surface area contributed by atoms with Gasteiger partial charge in [0.25, 0.3) is 0 Å². The molecule has 3 heterocycles. The molecule has 0 fully saturated rings. The van der Waals surface area contributed by atoms with Crippen LogP contribution in [-0.4, -0.2) is 16.2 Å². The molecule has 0 bridgehead atoms. The first-order chi connectivity index (χ1) is 10.5. The summed E-state index contributed by atoms with van der Waals surface area (Å²) in [6.07, 6.45) is -1.79. The lowest BCUT2D eigenvalue weighted by atomic mass is 10.1. The Labute approximate surface area is 122 Å². The molecule has 3 aromatic rings. The van der Waals surface area contributed by atoms with Gasteiger partial charge < -0.3 is 13.9 Å². The van der Waals surface area contributed by atoms with Crippen molar-refractivity contribution in [1.82, 2.24) is 9.38 Å². The minimum absolute atomic E-state index is 0.166. The summed E-state index contributed by atoms with van der Waals surface area (Å²) in [7, 11) is 0. The van der Waals surface area contributed by atoms with Gasteiger partial charge >= 0.3 is 6.18 Å². The van der Waals surface area contributed by atoms with Crippen LogP contribution in [0.15, 0.2) is 42.7 Å². The van der Waals surface area contributed by atoms with Crippen molar-refractivity contribution in [3.8, 4) is 22.8 Å². The van der Waals surface area contributed by atoms with E-state index in [1.807, 2.05) is 0 Å². The van der Waals surface area contributed by atoms with Gasteiger partial charge in [-0.1, -0.05) is 0 Å². The van der Waals surface area contributed by atoms with E-state index < -0.39 is 11.7 Å². The molecule has 0 unspecified atom stereocenters. The van der Waals surface area contributed by atoms with Crippen LogP contribution in [0.5, 0.6) is 11.5 Å². The number of nitrogens with zero attached hydrogens (tertiary/aromatic N) is 2. The molecule has 1 aliphatic heterocycles. The number of hydrogen-bond donors (Lipinski definition) is 0. The first-order valence-electron chi connectivity index (χ1n) is 6.47. The van der Waals surface area contributed by atoms with Crippen molar-refractivity contribution in [3.63, 3.8) is 0 Å². The topological polar surface area (TPSA) is 35.8 Å². The second-order valence-electron chi connectivity index (χ2n) is 4.88. The SMILES string of the molecule is FC(F)(F)c1ccc2nc(-c3ccc4c(c3)OCO4)cn2c1.